The second-order valence-electron chi connectivity index (χ2n) is 5.88. The zero-order valence-electron chi connectivity index (χ0n) is 14.3. The normalized spacial score (nSPS) is 11.6. The molecular formula is C19H21N3O2S. The number of hydrogen-bond acceptors (Lipinski definition) is 3. The molecule has 0 aliphatic rings. The number of para-hydroxylation sites is 1. The summed E-state index contributed by atoms with van der Waals surface area (Å²) in [6.07, 6.45) is 0.644. The molecule has 0 aliphatic heterocycles. The fourth-order valence-electron chi connectivity index (χ4n) is 2.88. The molecule has 0 spiro atoms. The van der Waals surface area contributed by atoms with Crippen LogP contribution in [-0.4, -0.2) is 24.7 Å². The molecule has 25 heavy (non-hydrogen) atoms. The number of aryl methyl sites for hydroxylation is 1. The van der Waals surface area contributed by atoms with Crippen molar-refractivity contribution in [2.75, 3.05) is 6.54 Å². The molecule has 0 atom stereocenters. The van der Waals surface area contributed by atoms with Crippen molar-refractivity contribution >= 4 is 10.0 Å². The van der Waals surface area contributed by atoms with Crippen molar-refractivity contribution in [1.82, 2.24) is 14.5 Å². The number of aromatic nitrogens is 2. The number of benzene rings is 2. The van der Waals surface area contributed by atoms with Crippen LogP contribution < -0.4 is 4.72 Å². The van der Waals surface area contributed by atoms with Crippen molar-refractivity contribution in [1.29, 1.82) is 0 Å². The molecule has 5 nitrogen and oxygen atoms in total. The summed E-state index contributed by atoms with van der Waals surface area (Å²) in [5.74, 6) is 0. The van der Waals surface area contributed by atoms with E-state index in [-0.39, 0.29) is 4.90 Å². The first kappa shape index (κ1) is 17.4. The molecule has 0 saturated heterocycles. The second-order valence-corrected chi connectivity index (χ2v) is 7.58. The van der Waals surface area contributed by atoms with Gasteiger partial charge >= 0.3 is 0 Å². The molecule has 0 bridgehead atoms. The van der Waals surface area contributed by atoms with Gasteiger partial charge in [0.05, 0.1) is 17.1 Å². The van der Waals surface area contributed by atoms with Crippen molar-refractivity contribution in [2.45, 2.75) is 25.2 Å². The fraction of sp³-hybridized carbons (Fsp3) is 0.211. The van der Waals surface area contributed by atoms with Crippen LogP contribution in [0.25, 0.3) is 5.69 Å². The Morgan fingerprint density at radius 3 is 2.20 bits per heavy atom. The van der Waals surface area contributed by atoms with Crippen LogP contribution in [0.4, 0.5) is 0 Å². The van der Waals surface area contributed by atoms with Crippen molar-refractivity contribution in [3.63, 3.8) is 0 Å². The fourth-order valence-corrected chi connectivity index (χ4v) is 4.30. The molecular weight excluding hydrogens is 334 g/mol. The highest BCUT2D eigenvalue weighted by Crippen LogP contribution is 2.22. The largest absolute Gasteiger partial charge is 0.244 e. The van der Waals surface area contributed by atoms with Gasteiger partial charge in [0, 0.05) is 6.54 Å². The monoisotopic (exact) mass is 355 g/mol. The first-order valence-corrected chi connectivity index (χ1v) is 9.62. The summed E-state index contributed by atoms with van der Waals surface area (Å²) in [6, 6.07) is 19.3. The van der Waals surface area contributed by atoms with Crippen LogP contribution in [0.3, 0.4) is 0 Å². The van der Waals surface area contributed by atoms with Crippen molar-refractivity contribution in [2.24, 2.45) is 0 Å². The van der Waals surface area contributed by atoms with Gasteiger partial charge in [0.15, 0.2) is 0 Å². The summed E-state index contributed by atoms with van der Waals surface area (Å²) in [4.78, 5) is 0.254. The predicted octanol–water partition coefficient (Wildman–Crippen LogP) is 3.01. The smallest absolute Gasteiger partial charge is 0.236 e. The minimum absolute atomic E-state index is 0.254. The topological polar surface area (TPSA) is 64.0 Å². The van der Waals surface area contributed by atoms with Crippen molar-refractivity contribution in [3.05, 3.63) is 77.6 Å². The second kappa shape index (κ2) is 7.21. The molecule has 0 aliphatic carbocycles. The van der Waals surface area contributed by atoms with Gasteiger partial charge in [-0.1, -0.05) is 48.5 Å². The van der Waals surface area contributed by atoms with Gasteiger partial charge < -0.3 is 0 Å². The molecule has 0 saturated carbocycles. The van der Waals surface area contributed by atoms with E-state index < -0.39 is 10.0 Å². The maximum absolute atomic E-state index is 12.7. The maximum Gasteiger partial charge on any atom is 0.244 e. The van der Waals surface area contributed by atoms with E-state index >= 15 is 0 Å². The maximum atomic E-state index is 12.7. The van der Waals surface area contributed by atoms with Crippen LogP contribution >= 0.6 is 0 Å². The third kappa shape index (κ3) is 3.81. The van der Waals surface area contributed by atoms with Crippen LogP contribution in [-0.2, 0) is 16.4 Å². The SMILES string of the molecule is Cc1nn(-c2ccccc2)c(C)c1S(=O)(=O)NCCc1ccccc1. The molecule has 0 fully saturated rings. The highest BCUT2D eigenvalue weighted by atomic mass is 32.2. The third-order valence-electron chi connectivity index (χ3n) is 4.04. The number of nitrogens with one attached hydrogen (secondary N) is 1. The molecule has 1 N–H and O–H groups in total. The van der Waals surface area contributed by atoms with Gasteiger partial charge in [0.25, 0.3) is 0 Å². The van der Waals surface area contributed by atoms with Crippen molar-refractivity contribution in [3.8, 4) is 5.69 Å². The summed E-state index contributed by atoms with van der Waals surface area (Å²) in [5.41, 5.74) is 3.04. The van der Waals surface area contributed by atoms with Gasteiger partial charge in [-0.25, -0.2) is 17.8 Å². The lowest BCUT2D eigenvalue weighted by Gasteiger charge is -2.08. The van der Waals surface area contributed by atoms with Crippen LogP contribution in [0, 0.1) is 13.8 Å². The Morgan fingerprint density at radius 1 is 0.960 bits per heavy atom. The summed E-state index contributed by atoms with van der Waals surface area (Å²) in [7, 11) is -3.61. The standard InChI is InChI=1S/C19H21N3O2S/c1-15-19(16(2)22(21-15)18-11-7-4-8-12-18)25(23,24)20-14-13-17-9-5-3-6-10-17/h3-12,20H,13-14H2,1-2H3. The molecule has 3 rings (SSSR count). The molecule has 3 aromatic rings. The quantitative estimate of drug-likeness (QED) is 0.739. The molecule has 1 aromatic heterocycles. The molecule has 2 aromatic carbocycles. The summed E-state index contributed by atoms with van der Waals surface area (Å²) in [5, 5.41) is 4.41. The molecule has 1 heterocycles. The Kier molecular flexibility index (Phi) is 5.01. The first-order chi connectivity index (χ1) is 12.0. The molecule has 6 heteroatoms. The van der Waals surface area contributed by atoms with Crippen molar-refractivity contribution < 1.29 is 8.42 Å². The summed E-state index contributed by atoms with van der Waals surface area (Å²) in [6.45, 7) is 3.85. The van der Waals surface area contributed by atoms with Gasteiger partial charge in [0.1, 0.15) is 4.90 Å². The predicted molar refractivity (Wildman–Crippen MR) is 98.4 cm³/mol. The van der Waals surface area contributed by atoms with Gasteiger partial charge in [-0.05, 0) is 38.0 Å². The lowest BCUT2D eigenvalue weighted by Crippen LogP contribution is -2.27. The van der Waals surface area contributed by atoms with Crippen LogP contribution in [0.2, 0.25) is 0 Å². The van der Waals surface area contributed by atoms with Crippen LogP contribution in [0.5, 0.6) is 0 Å². The highest BCUT2D eigenvalue weighted by Gasteiger charge is 2.24. The number of nitrogens with zero attached hydrogens (tertiary/aromatic N) is 2. The summed E-state index contributed by atoms with van der Waals surface area (Å²) >= 11 is 0. The third-order valence-corrected chi connectivity index (χ3v) is 5.76. The highest BCUT2D eigenvalue weighted by molar-refractivity contribution is 7.89. The lowest BCUT2D eigenvalue weighted by molar-refractivity contribution is 0.580. The van der Waals surface area contributed by atoms with E-state index in [1.165, 1.54) is 0 Å². The van der Waals surface area contributed by atoms with Crippen LogP contribution in [0.1, 0.15) is 17.0 Å². The van der Waals surface area contributed by atoms with Gasteiger partial charge in [-0.3, -0.25) is 0 Å². The number of hydrogen-bond donors (Lipinski definition) is 1. The van der Waals surface area contributed by atoms with E-state index in [1.54, 1.807) is 18.5 Å². The Morgan fingerprint density at radius 2 is 1.56 bits per heavy atom. The Bertz CT molecular complexity index is 949. The van der Waals surface area contributed by atoms with Gasteiger partial charge in [-0.2, -0.15) is 5.10 Å². The minimum Gasteiger partial charge on any atom is -0.236 e. The Balaban J connectivity index is 1.81. The lowest BCUT2D eigenvalue weighted by atomic mass is 10.2. The van der Waals surface area contributed by atoms with E-state index in [0.29, 0.717) is 24.4 Å². The zero-order valence-corrected chi connectivity index (χ0v) is 15.1. The minimum atomic E-state index is -3.61. The Labute approximate surface area is 148 Å². The Hall–Kier alpha value is -2.44. The summed E-state index contributed by atoms with van der Waals surface area (Å²) < 4.78 is 29.8. The molecule has 0 unspecified atom stereocenters. The van der Waals surface area contributed by atoms with E-state index in [9.17, 15) is 8.42 Å². The van der Waals surface area contributed by atoms with E-state index in [0.717, 1.165) is 11.3 Å². The molecule has 130 valence electrons. The first-order valence-electron chi connectivity index (χ1n) is 8.14. The van der Waals surface area contributed by atoms with E-state index in [1.807, 2.05) is 60.7 Å². The van der Waals surface area contributed by atoms with Crippen LogP contribution in [0.15, 0.2) is 65.6 Å². The van der Waals surface area contributed by atoms with E-state index in [2.05, 4.69) is 9.82 Å². The van der Waals surface area contributed by atoms with Gasteiger partial charge in [-0.15, -0.1) is 0 Å². The zero-order chi connectivity index (χ0) is 17.9. The number of rotatable bonds is 6. The van der Waals surface area contributed by atoms with Gasteiger partial charge in [0.2, 0.25) is 10.0 Å². The molecule has 0 radical (unpaired) electrons. The number of sulfonamides is 1. The molecule has 0 amide bonds. The average Bonchev–Trinajstić information content (AvgIpc) is 2.91. The van der Waals surface area contributed by atoms with E-state index in [4.69, 9.17) is 0 Å². The average molecular weight is 355 g/mol.